The Bertz CT molecular complexity index is 933. The Morgan fingerprint density at radius 2 is 1.44 bits per heavy atom. The highest BCUT2D eigenvalue weighted by Crippen LogP contribution is 2.33. The van der Waals surface area contributed by atoms with Crippen LogP contribution in [0.5, 0.6) is 0 Å². The molecule has 0 unspecified atom stereocenters. The van der Waals surface area contributed by atoms with Crippen molar-refractivity contribution in [3.8, 4) is 0 Å². The van der Waals surface area contributed by atoms with Crippen molar-refractivity contribution in [1.29, 1.82) is 0 Å². The van der Waals surface area contributed by atoms with E-state index in [-0.39, 0.29) is 6.03 Å². The van der Waals surface area contributed by atoms with Gasteiger partial charge in [-0.05, 0) is 42.7 Å². The van der Waals surface area contributed by atoms with Crippen molar-refractivity contribution >= 4 is 17.5 Å². The lowest BCUT2D eigenvalue weighted by molar-refractivity contribution is 0.208. The molecule has 1 aliphatic heterocycles. The normalized spacial score (nSPS) is 14.6. The first-order chi connectivity index (χ1) is 15.1. The quantitative estimate of drug-likeness (QED) is 0.640. The summed E-state index contributed by atoms with van der Waals surface area (Å²) in [6.45, 7) is 20.0. The number of carbonyl (C=O) groups excluding carboxylic acids is 1. The van der Waals surface area contributed by atoms with Gasteiger partial charge in [0.15, 0.2) is 0 Å². The highest BCUT2D eigenvalue weighted by Gasteiger charge is 2.26. The van der Waals surface area contributed by atoms with Crippen molar-refractivity contribution < 1.29 is 4.79 Å². The van der Waals surface area contributed by atoms with E-state index in [2.05, 4.69) is 81.9 Å². The van der Waals surface area contributed by atoms with E-state index in [1.165, 1.54) is 16.7 Å². The van der Waals surface area contributed by atoms with Crippen LogP contribution < -0.4 is 10.2 Å². The maximum absolute atomic E-state index is 13.2. The average Bonchev–Trinajstić information content (AvgIpc) is 2.72. The molecule has 3 rings (SSSR count). The van der Waals surface area contributed by atoms with E-state index in [0.29, 0.717) is 30.8 Å². The van der Waals surface area contributed by atoms with Gasteiger partial charge in [0.1, 0.15) is 11.6 Å². The number of hydrogen-bond acceptors (Lipinski definition) is 4. The van der Waals surface area contributed by atoms with Crippen LogP contribution in [0, 0.1) is 13.8 Å². The predicted octanol–water partition coefficient (Wildman–Crippen LogP) is 5.82. The Balaban J connectivity index is 1.76. The van der Waals surface area contributed by atoms with Crippen molar-refractivity contribution in [2.24, 2.45) is 0 Å². The van der Waals surface area contributed by atoms with E-state index >= 15 is 0 Å². The minimum Gasteiger partial charge on any atom is -0.353 e. The largest absolute Gasteiger partial charge is 0.353 e. The molecular formula is C26H39N5O. The molecule has 0 spiro atoms. The molecular weight excluding hydrogens is 398 g/mol. The lowest BCUT2D eigenvalue weighted by Crippen LogP contribution is -2.50. The van der Waals surface area contributed by atoms with Crippen LogP contribution in [0.15, 0.2) is 18.2 Å². The number of nitrogens with zero attached hydrogens (tertiary/aromatic N) is 4. The van der Waals surface area contributed by atoms with Gasteiger partial charge in [0.25, 0.3) is 0 Å². The lowest BCUT2D eigenvalue weighted by Gasteiger charge is -2.37. The Morgan fingerprint density at radius 3 is 1.94 bits per heavy atom. The minimum atomic E-state index is -0.0150. The van der Waals surface area contributed by atoms with E-state index < -0.39 is 0 Å². The first-order valence-electron chi connectivity index (χ1n) is 11.9. The molecule has 6 heteroatoms. The molecule has 1 aromatic heterocycles. The predicted molar refractivity (Wildman–Crippen MR) is 133 cm³/mol. The smallest absolute Gasteiger partial charge is 0.321 e. The summed E-state index contributed by atoms with van der Waals surface area (Å²) < 4.78 is 0. The minimum absolute atomic E-state index is 0.0150. The molecule has 0 aliphatic carbocycles. The number of amides is 2. The molecule has 1 aliphatic rings. The van der Waals surface area contributed by atoms with E-state index in [9.17, 15) is 4.79 Å². The SMILES string of the molecule is Cc1nc(C)c(C(C)C)c(N2CCN(C(=O)Nc3c(C(C)C)cccc3C(C)C)CC2)n1. The summed E-state index contributed by atoms with van der Waals surface area (Å²) in [5, 5.41) is 3.26. The Kier molecular flexibility index (Phi) is 7.42. The molecule has 1 aromatic carbocycles. The van der Waals surface area contributed by atoms with Crippen LogP contribution in [-0.4, -0.2) is 47.1 Å². The third-order valence-corrected chi connectivity index (χ3v) is 6.28. The molecule has 0 bridgehead atoms. The number of urea groups is 1. The van der Waals surface area contributed by atoms with Crippen molar-refractivity contribution in [2.75, 3.05) is 36.4 Å². The molecule has 0 radical (unpaired) electrons. The molecule has 1 N–H and O–H groups in total. The molecule has 1 saturated heterocycles. The van der Waals surface area contributed by atoms with Crippen molar-refractivity contribution in [3.05, 3.63) is 46.4 Å². The number of benzene rings is 1. The van der Waals surface area contributed by atoms with Crippen molar-refractivity contribution in [1.82, 2.24) is 14.9 Å². The lowest BCUT2D eigenvalue weighted by atomic mass is 9.93. The summed E-state index contributed by atoms with van der Waals surface area (Å²) in [6, 6.07) is 6.32. The molecule has 2 heterocycles. The highest BCUT2D eigenvalue weighted by molar-refractivity contribution is 5.91. The summed E-state index contributed by atoms with van der Waals surface area (Å²) in [6.07, 6.45) is 0. The van der Waals surface area contributed by atoms with E-state index in [1.807, 2.05) is 11.8 Å². The summed E-state index contributed by atoms with van der Waals surface area (Å²) in [7, 11) is 0. The summed E-state index contributed by atoms with van der Waals surface area (Å²) in [5.74, 6) is 2.87. The molecule has 0 atom stereocenters. The van der Waals surface area contributed by atoms with Gasteiger partial charge in [0.05, 0.1) is 0 Å². The van der Waals surface area contributed by atoms with Gasteiger partial charge in [-0.15, -0.1) is 0 Å². The zero-order valence-corrected chi connectivity index (χ0v) is 21.0. The number of carbonyl (C=O) groups is 1. The Labute approximate surface area is 193 Å². The number of anilines is 2. The number of aryl methyl sites for hydroxylation is 2. The summed E-state index contributed by atoms with van der Waals surface area (Å²) in [4.78, 5) is 26.8. The van der Waals surface area contributed by atoms with Gasteiger partial charge in [-0.2, -0.15) is 0 Å². The monoisotopic (exact) mass is 437 g/mol. The fourth-order valence-electron chi connectivity index (χ4n) is 4.62. The molecule has 0 saturated carbocycles. The molecule has 2 aromatic rings. The van der Waals surface area contributed by atoms with Crippen LogP contribution in [0.25, 0.3) is 0 Å². The summed E-state index contributed by atoms with van der Waals surface area (Å²) >= 11 is 0. The van der Waals surface area contributed by atoms with E-state index in [0.717, 1.165) is 36.1 Å². The fraction of sp³-hybridized carbons (Fsp3) is 0.577. The maximum atomic E-state index is 13.2. The van der Waals surface area contributed by atoms with Gasteiger partial charge in [0, 0.05) is 43.1 Å². The van der Waals surface area contributed by atoms with Gasteiger partial charge in [-0.3, -0.25) is 0 Å². The third kappa shape index (κ3) is 5.05. The average molecular weight is 438 g/mol. The summed E-state index contributed by atoms with van der Waals surface area (Å²) in [5.41, 5.74) is 5.62. The van der Waals surface area contributed by atoms with Crippen LogP contribution in [-0.2, 0) is 0 Å². The third-order valence-electron chi connectivity index (χ3n) is 6.28. The molecule has 174 valence electrons. The van der Waals surface area contributed by atoms with Gasteiger partial charge >= 0.3 is 6.03 Å². The van der Waals surface area contributed by atoms with Gasteiger partial charge in [0.2, 0.25) is 0 Å². The van der Waals surface area contributed by atoms with Crippen LogP contribution in [0.1, 0.15) is 87.5 Å². The van der Waals surface area contributed by atoms with Gasteiger partial charge in [-0.25, -0.2) is 14.8 Å². The second-order valence-electron chi connectivity index (χ2n) is 9.77. The van der Waals surface area contributed by atoms with E-state index in [4.69, 9.17) is 4.98 Å². The van der Waals surface area contributed by atoms with Crippen LogP contribution in [0.4, 0.5) is 16.3 Å². The maximum Gasteiger partial charge on any atom is 0.321 e. The standard InChI is InChI=1S/C26H39N5O/c1-16(2)21-10-9-11-22(17(3)4)24(21)29-26(32)31-14-12-30(13-15-31)25-23(18(5)6)19(7)27-20(8)28-25/h9-11,16-18H,12-15H2,1-8H3,(H,29,32). The van der Waals surface area contributed by atoms with Gasteiger partial charge in [-0.1, -0.05) is 59.7 Å². The number of para-hydroxylation sites is 1. The first kappa shape index (κ1) is 24.0. The zero-order valence-electron chi connectivity index (χ0n) is 21.0. The van der Waals surface area contributed by atoms with Crippen LogP contribution in [0.3, 0.4) is 0 Å². The van der Waals surface area contributed by atoms with Crippen molar-refractivity contribution in [2.45, 2.75) is 73.1 Å². The molecule has 6 nitrogen and oxygen atoms in total. The Hall–Kier alpha value is -2.63. The van der Waals surface area contributed by atoms with E-state index in [1.54, 1.807) is 0 Å². The number of aromatic nitrogens is 2. The molecule has 2 amide bonds. The number of nitrogens with one attached hydrogen (secondary N) is 1. The number of piperazine rings is 1. The Morgan fingerprint density at radius 1 is 0.875 bits per heavy atom. The number of hydrogen-bond donors (Lipinski definition) is 1. The second-order valence-corrected chi connectivity index (χ2v) is 9.77. The topological polar surface area (TPSA) is 61.4 Å². The second kappa shape index (κ2) is 9.88. The van der Waals surface area contributed by atoms with Crippen LogP contribution in [0.2, 0.25) is 0 Å². The van der Waals surface area contributed by atoms with Crippen LogP contribution >= 0.6 is 0 Å². The number of rotatable bonds is 5. The van der Waals surface area contributed by atoms with Gasteiger partial charge < -0.3 is 15.1 Å². The van der Waals surface area contributed by atoms with Crippen molar-refractivity contribution in [3.63, 3.8) is 0 Å². The highest BCUT2D eigenvalue weighted by atomic mass is 16.2. The molecule has 1 fully saturated rings. The molecule has 32 heavy (non-hydrogen) atoms. The zero-order chi connectivity index (χ0) is 23.6. The first-order valence-corrected chi connectivity index (χ1v) is 11.9. The fourth-order valence-corrected chi connectivity index (χ4v) is 4.62.